The van der Waals surface area contributed by atoms with Crippen LogP contribution in [0.25, 0.3) is 0 Å². The molecule has 0 aromatic rings. The molecular formula is C18H32N2O. The van der Waals surface area contributed by atoms with Gasteiger partial charge in [0.25, 0.3) is 0 Å². The first-order chi connectivity index (χ1) is 9.42. The van der Waals surface area contributed by atoms with Crippen LogP contribution in [0.15, 0.2) is 24.3 Å². The maximum absolute atomic E-state index is 13.0. The third-order valence-electron chi connectivity index (χ3n) is 3.77. The second-order valence-electron chi connectivity index (χ2n) is 8.11. The smallest absolute Gasteiger partial charge is 0.226 e. The lowest BCUT2D eigenvalue weighted by molar-refractivity contribution is -0.137. The fourth-order valence-electron chi connectivity index (χ4n) is 3.62. The summed E-state index contributed by atoms with van der Waals surface area (Å²) in [7, 11) is 0. The number of carbonyl (C=O) groups excluding carboxylic acids is 1. The highest BCUT2D eigenvalue weighted by Gasteiger charge is 2.41. The zero-order chi connectivity index (χ0) is 16.4. The van der Waals surface area contributed by atoms with Crippen molar-refractivity contribution in [3.63, 3.8) is 0 Å². The summed E-state index contributed by atoms with van der Waals surface area (Å²) in [6, 6.07) is 0. The fraction of sp³-hybridized carbons (Fsp3) is 0.722. The summed E-state index contributed by atoms with van der Waals surface area (Å²) in [5.41, 5.74) is 1.99. The van der Waals surface area contributed by atoms with E-state index in [2.05, 4.69) is 46.2 Å². The third-order valence-corrected chi connectivity index (χ3v) is 3.77. The van der Waals surface area contributed by atoms with Crippen LogP contribution in [-0.2, 0) is 4.79 Å². The predicted molar refractivity (Wildman–Crippen MR) is 90.2 cm³/mol. The van der Waals surface area contributed by atoms with Crippen LogP contribution in [0.1, 0.15) is 54.4 Å². The van der Waals surface area contributed by atoms with Crippen LogP contribution >= 0.6 is 0 Å². The van der Waals surface area contributed by atoms with Gasteiger partial charge in [0.05, 0.1) is 0 Å². The monoisotopic (exact) mass is 292 g/mol. The van der Waals surface area contributed by atoms with Crippen molar-refractivity contribution in [1.29, 1.82) is 0 Å². The molecule has 0 aliphatic carbocycles. The molecule has 1 saturated heterocycles. The van der Waals surface area contributed by atoms with Crippen LogP contribution in [0, 0.1) is 5.92 Å². The lowest BCUT2D eigenvalue weighted by atomic mass is 9.75. The standard InChI is InChI=1S/C18H32N2O/c1-13(2)11-20(12-14(3)4)16(21)15-9-17(5,6)19-18(7,8)10-15/h15,19H,1,3,9-12H2,2,4-8H3. The van der Waals surface area contributed by atoms with Crippen LogP contribution in [0.4, 0.5) is 0 Å². The first-order valence-corrected chi connectivity index (χ1v) is 7.79. The summed E-state index contributed by atoms with van der Waals surface area (Å²) in [6.45, 7) is 21.8. The summed E-state index contributed by atoms with van der Waals surface area (Å²) >= 11 is 0. The molecule has 0 aromatic carbocycles. The van der Waals surface area contributed by atoms with Gasteiger partial charge in [0.1, 0.15) is 0 Å². The van der Waals surface area contributed by atoms with Crippen LogP contribution in [0.2, 0.25) is 0 Å². The Morgan fingerprint density at radius 3 is 1.76 bits per heavy atom. The van der Waals surface area contributed by atoms with Gasteiger partial charge in [0.15, 0.2) is 0 Å². The van der Waals surface area contributed by atoms with E-state index in [0.717, 1.165) is 24.0 Å². The molecular weight excluding hydrogens is 260 g/mol. The molecule has 0 radical (unpaired) electrons. The van der Waals surface area contributed by atoms with E-state index in [0.29, 0.717) is 13.1 Å². The number of carbonyl (C=O) groups is 1. The van der Waals surface area contributed by atoms with E-state index in [9.17, 15) is 4.79 Å². The largest absolute Gasteiger partial charge is 0.335 e. The molecule has 1 aliphatic heterocycles. The molecule has 1 amide bonds. The molecule has 0 bridgehead atoms. The molecule has 120 valence electrons. The van der Waals surface area contributed by atoms with Crippen molar-refractivity contribution < 1.29 is 4.79 Å². The van der Waals surface area contributed by atoms with Gasteiger partial charge in [-0.25, -0.2) is 0 Å². The minimum Gasteiger partial charge on any atom is -0.335 e. The Balaban J connectivity index is 2.91. The number of amides is 1. The van der Waals surface area contributed by atoms with Gasteiger partial charge in [-0.05, 0) is 54.4 Å². The SMILES string of the molecule is C=C(C)CN(CC(=C)C)C(=O)C1CC(C)(C)NC(C)(C)C1. The van der Waals surface area contributed by atoms with Crippen molar-refractivity contribution in [3.8, 4) is 0 Å². The van der Waals surface area contributed by atoms with Crippen LogP contribution in [0.5, 0.6) is 0 Å². The van der Waals surface area contributed by atoms with E-state index in [1.54, 1.807) is 0 Å². The van der Waals surface area contributed by atoms with E-state index in [-0.39, 0.29) is 22.9 Å². The highest BCUT2D eigenvalue weighted by Crippen LogP contribution is 2.34. The number of piperidine rings is 1. The van der Waals surface area contributed by atoms with Crippen molar-refractivity contribution in [1.82, 2.24) is 10.2 Å². The van der Waals surface area contributed by atoms with Crippen molar-refractivity contribution in [2.24, 2.45) is 5.92 Å². The van der Waals surface area contributed by atoms with Crippen molar-refractivity contribution in [2.45, 2.75) is 65.5 Å². The van der Waals surface area contributed by atoms with Gasteiger partial charge in [-0.3, -0.25) is 4.79 Å². The number of nitrogens with zero attached hydrogens (tertiary/aromatic N) is 1. The average Bonchev–Trinajstić information content (AvgIpc) is 2.21. The van der Waals surface area contributed by atoms with Gasteiger partial charge in [-0.2, -0.15) is 0 Å². The number of rotatable bonds is 5. The maximum atomic E-state index is 13.0. The molecule has 0 atom stereocenters. The van der Waals surface area contributed by atoms with Gasteiger partial charge in [0, 0.05) is 30.1 Å². The van der Waals surface area contributed by atoms with Crippen LogP contribution < -0.4 is 5.32 Å². The van der Waals surface area contributed by atoms with Gasteiger partial charge >= 0.3 is 0 Å². The highest BCUT2D eigenvalue weighted by molar-refractivity contribution is 5.79. The molecule has 1 N–H and O–H groups in total. The molecule has 3 heteroatoms. The minimum atomic E-state index is -0.0137. The van der Waals surface area contributed by atoms with Gasteiger partial charge < -0.3 is 10.2 Å². The average molecular weight is 292 g/mol. The van der Waals surface area contributed by atoms with Crippen molar-refractivity contribution in [2.75, 3.05) is 13.1 Å². The molecule has 1 rings (SSSR count). The van der Waals surface area contributed by atoms with Crippen molar-refractivity contribution >= 4 is 5.91 Å². The Hall–Kier alpha value is -1.09. The Labute approximate surface area is 130 Å². The van der Waals surface area contributed by atoms with Crippen molar-refractivity contribution in [3.05, 3.63) is 24.3 Å². The lowest BCUT2D eigenvalue weighted by Crippen LogP contribution is -2.60. The quantitative estimate of drug-likeness (QED) is 0.786. The second kappa shape index (κ2) is 6.35. The minimum absolute atomic E-state index is 0.0137. The van der Waals surface area contributed by atoms with E-state index in [4.69, 9.17) is 0 Å². The number of hydrogen-bond donors (Lipinski definition) is 1. The number of hydrogen-bond acceptors (Lipinski definition) is 2. The first kappa shape index (κ1) is 18.0. The Bertz CT molecular complexity index is 402. The summed E-state index contributed by atoms with van der Waals surface area (Å²) in [5, 5.41) is 3.63. The molecule has 3 nitrogen and oxygen atoms in total. The van der Waals surface area contributed by atoms with Crippen LogP contribution in [-0.4, -0.2) is 35.0 Å². The van der Waals surface area contributed by atoms with E-state index in [1.165, 1.54) is 0 Å². The topological polar surface area (TPSA) is 32.3 Å². The van der Waals surface area contributed by atoms with E-state index in [1.807, 2.05) is 18.7 Å². The summed E-state index contributed by atoms with van der Waals surface area (Å²) < 4.78 is 0. The second-order valence-corrected chi connectivity index (χ2v) is 8.11. The zero-order valence-corrected chi connectivity index (χ0v) is 14.7. The fourth-order valence-corrected chi connectivity index (χ4v) is 3.62. The molecule has 1 fully saturated rings. The normalized spacial score (nSPS) is 20.9. The van der Waals surface area contributed by atoms with Crippen LogP contribution in [0.3, 0.4) is 0 Å². The third kappa shape index (κ3) is 5.66. The Morgan fingerprint density at radius 2 is 1.43 bits per heavy atom. The molecule has 0 saturated carbocycles. The predicted octanol–water partition coefficient (Wildman–Crippen LogP) is 3.52. The Morgan fingerprint density at radius 1 is 1.05 bits per heavy atom. The summed E-state index contributed by atoms with van der Waals surface area (Å²) in [5.74, 6) is 0.304. The zero-order valence-electron chi connectivity index (χ0n) is 14.7. The first-order valence-electron chi connectivity index (χ1n) is 7.79. The maximum Gasteiger partial charge on any atom is 0.226 e. The Kier molecular flexibility index (Phi) is 5.43. The van der Waals surface area contributed by atoms with E-state index >= 15 is 0 Å². The molecule has 0 spiro atoms. The molecule has 21 heavy (non-hydrogen) atoms. The van der Waals surface area contributed by atoms with E-state index < -0.39 is 0 Å². The van der Waals surface area contributed by atoms with Gasteiger partial charge in [-0.15, -0.1) is 0 Å². The summed E-state index contributed by atoms with van der Waals surface area (Å²) in [4.78, 5) is 14.9. The molecule has 0 aromatic heterocycles. The lowest BCUT2D eigenvalue weighted by Gasteiger charge is -2.47. The molecule has 1 aliphatic rings. The van der Waals surface area contributed by atoms with Gasteiger partial charge in [0.2, 0.25) is 5.91 Å². The number of nitrogens with one attached hydrogen (secondary N) is 1. The molecule has 1 heterocycles. The molecule has 0 unspecified atom stereocenters. The summed E-state index contributed by atoms with van der Waals surface area (Å²) in [6.07, 6.45) is 1.75. The highest BCUT2D eigenvalue weighted by atomic mass is 16.2. The van der Waals surface area contributed by atoms with Gasteiger partial charge in [-0.1, -0.05) is 24.3 Å².